The molecule has 1 heterocycles. The van der Waals surface area contributed by atoms with Gasteiger partial charge in [-0.2, -0.15) is 0 Å². The van der Waals surface area contributed by atoms with Gasteiger partial charge in [-0.3, -0.25) is 9.59 Å². The second-order valence-corrected chi connectivity index (χ2v) is 8.54. The Bertz CT molecular complexity index is 1080. The molecule has 2 amide bonds. The summed E-state index contributed by atoms with van der Waals surface area (Å²) in [6, 6.07) is 15.2. The maximum absolute atomic E-state index is 13.2. The van der Waals surface area contributed by atoms with Crippen LogP contribution in [0.2, 0.25) is 0 Å². The number of amides is 2. The Morgan fingerprint density at radius 3 is 2.29 bits per heavy atom. The second kappa shape index (κ2) is 11.1. The van der Waals surface area contributed by atoms with E-state index in [1.807, 2.05) is 64.1 Å². The quantitative estimate of drug-likeness (QED) is 0.527. The van der Waals surface area contributed by atoms with Gasteiger partial charge in [-0.1, -0.05) is 42.0 Å². The highest BCUT2D eigenvalue weighted by atomic mass is 16.5. The Balaban J connectivity index is 1.91. The fourth-order valence-electron chi connectivity index (χ4n) is 4.48. The molecule has 0 aliphatic carbocycles. The zero-order valence-corrected chi connectivity index (χ0v) is 20.8. The third-order valence-corrected chi connectivity index (χ3v) is 6.35. The van der Waals surface area contributed by atoms with Crippen LogP contribution in [0.1, 0.15) is 67.1 Å². The summed E-state index contributed by atoms with van der Waals surface area (Å²) in [6.07, 6.45) is 0.202. The van der Waals surface area contributed by atoms with Crippen molar-refractivity contribution in [2.45, 2.75) is 53.5 Å². The summed E-state index contributed by atoms with van der Waals surface area (Å²) in [5.74, 6) is -0.770. The normalized spacial score (nSPS) is 16.0. The summed E-state index contributed by atoms with van der Waals surface area (Å²) in [6.45, 7) is 11.4. The van der Waals surface area contributed by atoms with E-state index >= 15 is 0 Å². The molecule has 1 unspecified atom stereocenters. The van der Waals surface area contributed by atoms with Crippen LogP contribution in [0.25, 0.3) is 0 Å². The summed E-state index contributed by atoms with van der Waals surface area (Å²) < 4.78 is 5.38. The minimum Gasteiger partial charge on any atom is -0.463 e. The van der Waals surface area contributed by atoms with Crippen molar-refractivity contribution in [2.75, 3.05) is 19.7 Å². The fraction of sp³-hybridized carbons (Fsp3) is 0.393. The number of hydrogen-bond donors (Lipinski definition) is 0. The van der Waals surface area contributed by atoms with Crippen LogP contribution in [-0.4, -0.2) is 47.3 Å². The monoisotopic (exact) mass is 462 g/mol. The van der Waals surface area contributed by atoms with Crippen molar-refractivity contribution in [2.24, 2.45) is 0 Å². The molecule has 1 atom stereocenters. The molecule has 1 aliphatic rings. The molecule has 34 heavy (non-hydrogen) atoms. The second-order valence-electron chi connectivity index (χ2n) is 8.54. The third-order valence-electron chi connectivity index (χ3n) is 6.35. The van der Waals surface area contributed by atoms with Gasteiger partial charge in [0, 0.05) is 36.7 Å². The van der Waals surface area contributed by atoms with Gasteiger partial charge in [-0.05, 0) is 57.9 Å². The molecule has 0 bridgehead atoms. The van der Waals surface area contributed by atoms with Crippen molar-refractivity contribution in [3.63, 3.8) is 0 Å². The molecule has 1 aliphatic heterocycles. The first-order valence-corrected chi connectivity index (χ1v) is 11.9. The molecule has 2 aromatic rings. The van der Waals surface area contributed by atoms with Crippen LogP contribution in [0.4, 0.5) is 0 Å². The van der Waals surface area contributed by atoms with Crippen LogP contribution in [0.3, 0.4) is 0 Å². The number of carbonyl (C=O) groups excluding carboxylic acids is 3. The lowest BCUT2D eigenvalue weighted by atomic mass is 9.83. The Morgan fingerprint density at radius 2 is 1.71 bits per heavy atom. The highest BCUT2D eigenvalue weighted by Crippen LogP contribution is 2.38. The van der Waals surface area contributed by atoms with E-state index in [0.29, 0.717) is 36.5 Å². The molecule has 0 N–H and O–H groups in total. The molecule has 6 nitrogen and oxygen atoms in total. The standard InChI is InChI=1S/C28H34N2O4/c1-6-29(7-2)27(32)22-14-12-21(13-15-22)18-30-20(5)26(28(33)34-8-3)24(17-25(30)31)23-11-9-10-19(4)16-23/h9-16,24H,6-8,17-18H2,1-5H3. The zero-order chi connectivity index (χ0) is 24.8. The smallest absolute Gasteiger partial charge is 0.336 e. The summed E-state index contributed by atoms with van der Waals surface area (Å²) in [4.78, 5) is 42.2. The predicted molar refractivity (Wildman–Crippen MR) is 132 cm³/mol. The number of carbonyl (C=O) groups is 3. The van der Waals surface area contributed by atoms with Crippen LogP contribution in [0.15, 0.2) is 59.8 Å². The molecule has 0 saturated carbocycles. The largest absolute Gasteiger partial charge is 0.463 e. The van der Waals surface area contributed by atoms with Crippen molar-refractivity contribution < 1.29 is 19.1 Å². The average Bonchev–Trinajstić information content (AvgIpc) is 2.82. The molecule has 0 spiro atoms. The Kier molecular flexibility index (Phi) is 8.26. The molecule has 0 fully saturated rings. The number of rotatable bonds is 8. The van der Waals surface area contributed by atoms with Gasteiger partial charge in [0.2, 0.25) is 5.91 Å². The SMILES string of the molecule is CCOC(=O)C1=C(C)N(Cc2ccc(C(=O)N(CC)CC)cc2)C(=O)CC1c1cccc(C)c1. The highest BCUT2D eigenvalue weighted by molar-refractivity contribution is 5.96. The van der Waals surface area contributed by atoms with Crippen LogP contribution in [-0.2, 0) is 20.9 Å². The molecule has 3 rings (SSSR count). The van der Waals surface area contributed by atoms with E-state index in [2.05, 4.69) is 0 Å². The molecule has 180 valence electrons. The van der Waals surface area contributed by atoms with Gasteiger partial charge < -0.3 is 14.5 Å². The maximum Gasteiger partial charge on any atom is 0.336 e. The van der Waals surface area contributed by atoms with Crippen LogP contribution in [0.5, 0.6) is 0 Å². The van der Waals surface area contributed by atoms with E-state index in [1.165, 1.54) is 0 Å². The van der Waals surface area contributed by atoms with Crippen LogP contribution < -0.4 is 0 Å². The van der Waals surface area contributed by atoms with Gasteiger partial charge in [0.15, 0.2) is 0 Å². The van der Waals surface area contributed by atoms with Crippen molar-refractivity contribution in [3.05, 3.63) is 82.1 Å². The molecule has 0 radical (unpaired) electrons. The maximum atomic E-state index is 13.2. The van der Waals surface area contributed by atoms with Crippen molar-refractivity contribution in [3.8, 4) is 0 Å². The summed E-state index contributed by atoms with van der Waals surface area (Å²) in [7, 11) is 0. The first-order valence-electron chi connectivity index (χ1n) is 11.9. The van der Waals surface area contributed by atoms with Gasteiger partial charge >= 0.3 is 5.97 Å². The first-order chi connectivity index (χ1) is 16.3. The molecule has 0 saturated heterocycles. The average molecular weight is 463 g/mol. The topological polar surface area (TPSA) is 66.9 Å². The number of esters is 1. The van der Waals surface area contributed by atoms with Gasteiger partial charge in [-0.25, -0.2) is 4.79 Å². The van der Waals surface area contributed by atoms with Crippen LogP contribution >= 0.6 is 0 Å². The van der Waals surface area contributed by atoms with Gasteiger partial charge in [0.1, 0.15) is 0 Å². The first kappa shape index (κ1) is 25.2. The van der Waals surface area contributed by atoms with Gasteiger partial charge in [0.05, 0.1) is 18.7 Å². The molecule has 0 aromatic heterocycles. The van der Waals surface area contributed by atoms with E-state index in [9.17, 15) is 14.4 Å². The number of ether oxygens (including phenoxy) is 1. The summed E-state index contributed by atoms with van der Waals surface area (Å²) in [5, 5.41) is 0. The minimum atomic E-state index is -0.385. The summed E-state index contributed by atoms with van der Waals surface area (Å²) in [5.41, 5.74) is 4.67. The van der Waals surface area contributed by atoms with E-state index in [-0.39, 0.29) is 36.7 Å². The number of hydrogen-bond acceptors (Lipinski definition) is 4. The van der Waals surface area contributed by atoms with Crippen LogP contribution in [0, 0.1) is 6.92 Å². The predicted octanol–water partition coefficient (Wildman–Crippen LogP) is 4.83. The fourth-order valence-corrected chi connectivity index (χ4v) is 4.48. The van der Waals surface area contributed by atoms with Gasteiger partial charge in [0.25, 0.3) is 5.91 Å². The summed E-state index contributed by atoms with van der Waals surface area (Å²) >= 11 is 0. The lowest BCUT2D eigenvalue weighted by Gasteiger charge is -2.34. The Labute approximate surface area is 202 Å². The molecule has 2 aromatic carbocycles. The number of benzene rings is 2. The van der Waals surface area contributed by atoms with E-state index in [0.717, 1.165) is 16.7 Å². The molecular weight excluding hydrogens is 428 g/mol. The minimum absolute atomic E-state index is 0.00716. The van der Waals surface area contributed by atoms with Gasteiger partial charge in [-0.15, -0.1) is 0 Å². The van der Waals surface area contributed by atoms with E-state index in [1.54, 1.807) is 28.9 Å². The van der Waals surface area contributed by atoms with Crippen molar-refractivity contribution in [1.29, 1.82) is 0 Å². The van der Waals surface area contributed by atoms with E-state index in [4.69, 9.17) is 4.74 Å². The Morgan fingerprint density at radius 1 is 1.03 bits per heavy atom. The number of aryl methyl sites for hydroxylation is 1. The molecule has 6 heteroatoms. The Hall–Kier alpha value is -3.41. The van der Waals surface area contributed by atoms with Crippen molar-refractivity contribution in [1.82, 2.24) is 9.80 Å². The highest BCUT2D eigenvalue weighted by Gasteiger charge is 2.36. The third kappa shape index (κ3) is 5.38. The van der Waals surface area contributed by atoms with E-state index < -0.39 is 0 Å². The lowest BCUT2D eigenvalue weighted by Crippen LogP contribution is -2.38. The van der Waals surface area contributed by atoms with Crippen molar-refractivity contribution >= 4 is 17.8 Å². The zero-order valence-electron chi connectivity index (χ0n) is 20.8. The lowest BCUT2D eigenvalue weighted by molar-refractivity contribution is -0.140. The number of allylic oxidation sites excluding steroid dienone is 1. The molecular formula is C28H34N2O4. The number of nitrogens with zero attached hydrogens (tertiary/aromatic N) is 2.